The zero-order valence-corrected chi connectivity index (χ0v) is 29.3. The number of hydrogen-bond acceptors (Lipinski definition) is 16. The van der Waals surface area contributed by atoms with Gasteiger partial charge >= 0.3 is 29.8 Å². The molecule has 0 amide bonds. The summed E-state index contributed by atoms with van der Waals surface area (Å²) in [6.07, 6.45) is -3.89. The Morgan fingerprint density at radius 2 is 1.67 bits per heavy atom. The molecule has 4 saturated carbocycles. The minimum Gasteiger partial charge on any atom is -0.472 e. The van der Waals surface area contributed by atoms with E-state index in [4.69, 9.17) is 42.3 Å². The largest absolute Gasteiger partial charge is 0.472 e. The molecular weight excluding hydrogens is 676 g/mol. The van der Waals surface area contributed by atoms with E-state index >= 15 is 0 Å². The maximum Gasteiger partial charge on any atom is 0.347 e. The summed E-state index contributed by atoms with van der Waals surface area (Å²) >= 11 is 0. The van der Waals surface area contributed by atoms with Crippen LogP contribution in [0.3, 0.4) is 0 Å². The highest BCUT2D eigenvalue weighted by Crippen LogP contribution is 2.88. The van der Waals surface area contributed by atoms with Crippen molar-refractivity contribution in [3.8, 4) is 0 Å². The molecule has 0 aromatic carbocycles. The van der Waals surface area contributed by atoms with Crippen LogP contribution in [-0.2, 0) is 61.9 Å². The first kappa shape index (κ1) is 34.3. The number of fused-ring (bicyclic) bond motifs is 4. The van der Waals surface area contributed by atoms with Crippen LogP contribution >= 0.6 is 0 Å². The molecule has 276 valence electrons. The van der Waals surface area contributed by atoms with E-state index < -0.39 is 111 Å². The first-order valence-electron chi connectivity index (χ1n) is 16.7. The van der Waals surface area contributed by atoms with Crippen molar-refractivity contribution in [1.82, 2.24) is 0 Å². The zero-order valence-electron chi connectivity index (χ0n) is 29.3. The Kier molecular flexibility index (Phi) is 6.57. The molecule has 2 N–H and O–H groups in total. The molecule has 6 fully saturated rings. The second kappa shape index (κ2) is 9.77. The second-order valence-corrected chi connectivity index (χ2v) is 15.7. The lowest BCUT2D eigenvalue weighted by Gasteiger charge is -2.76. The predicted octanol–water partition coefficient (Wildman–Crippen LogP) is 1.30. The van der Waals surface area contributed by atoms with Crippen molar-refractivity contribution in [3.05, 3.63) is 35.8 Å². The predicted molar refractivity (Wildman–Crippen MR) is 162 cm³/mol. The average Bonchev–Trinajstić information content (AvgIpc) is 3.79. The fourth-order valence-corrected chi connectivity index (χ4v) is 12.1. The molecule has 16 nitrogen and oxygen atoms in total. The number of furan rings is 1. The minimum absolute atomic E-state index is 0.140. The lowest BCUT2D eigenvalue weighted by molar-refractivity contribution is -0.449. The van der Waals surface area contributed by atoms with Crippen molar-refractivity contribution >= 4 is 29.8 Å². The number of hydrogen-bond donors (Lipinski definition) is 2. The molecule has 14 atom stereocenters. The summed E-state index contributed by atoms with van der Waals surface area (Å²) in [6.45, 7) is 9.79. The molecule has 4 aliphatic carbocycles. The number of cyclic esters (lactones) is 1. The summed E-state index contributed by atoms with van der Waals surface area (Å²) in [4.78, 5) is 66.0. The van der Waals surface area contributed by atoms with Gasteiger partial charge in [-0.05, 0) is 25.0 Å². The highest BCUT2D eigenvalue weighted by atomic mass is 16.9. The third kappa shape index (κ3) is 3.47. The topological polar surface area (TPSA) is 213 Å². The molecule has 0 radical (unpaired) electrons. The summed E-state index contributed by atoms with van der Waals surface area (Å²) in [5.41, 5.74) is -13.2. The van der Waals surface area contributed by atoms with Gasteiger partial charge in [-0.25, -0.2) is 9.59 Å². The third-order valence-electron chi connectivity index (χ3n) is 13.4. The highest BCUT2D eigenvalue weighted by Gasteiger charge is 3.03. The molecule has 4 heterocycles. The normalized spacial score (nSPS) is 50.0. The van der Waals surface area contributed by atoms with E-state index in [9.17, 15) is 34.2 Å². The maximum atomic E-state index is 13.8. The summed E-state index contributed by atoms with van der Waals surface area (Å²) < 4.78 is 54.5. The van der Waals surface area contributed by atoms with E-state index in [2.05, 4.69) is 0 Å². The number of carbonyl (C=O) groups is 5. The summed E-state index contributed by atoms with van der Waals surface area (Å²) in [7, 11) is 1.10. The Morgan fingerprint density at radius 3 is 2.25 bits per heavy atom. The monoisotopic (exact) mass is 716 g/mol. The second-order valence-electron chi connectivity index (χ2n) is 15.7. The van der Waals surface area contributed by atoms with Gasteiger partial charge in [-0.2, -0.15) is 0 Å². The van der Waals surface area contributed by atoms with Crippen LogP contribution in [0.25, 0.3) is 0 Å². The van der Waals surface area contributed by atoms with Gasteiger partial charge in [0, 0.05) is 62.5 Å². The van der Waals surface area contributed by atoms with E-state index in [0.717, 1.165) is 21.0 Å². The van der Waals surface area contributed by atoms with E-state index in [1.165, 1.54) is 32.4 Å². The van der Waals surface area contributed by atoms with Gasteiger partial charge < -0.3 is 52.5 Å². The van der Waals surface area contributed by atoms with Crippen LogP contribution in [0, 0.1) is 22.2 Å². The number of rotatable bonds is 6. The van der Waals surface area contributed by atoms with Crippen molar-refractivity contribution in [2.24, 2.45) is 22.2 Å². The number of aliphatic hydroxyl groups is 2. The lowest BCUT2D eigenvalue weighted by atomic mass is 9.34. The fourth-order valence-electron chi connectivity index (χ4n) is 12.1. The Bertz CT molecular complexity index is 1820. The van der Waals surface area contributed by atoms with Crippen molar-refractivity contribution in [2.45, 2.75) is 120 Å². The van der Waals surface area contributed by atoms with Crippen molar-refractivity contribution in [1.29, 1.82) is 0 Å². The number of ether oxygens (including phenoxy) is 8. The summed E-state index contributed by atoms with van der Waals surface area (Å²) in [6, 6.07) is 1.59. The van der Waals surface area contributed by atoms with Gasteiger partial charge in [-0.3, -0.25) is 14.4 Å². The van der Waals surface area contributed by atoms with Gasteiger partial charge in [-0.15, -0.1) is 0 Å². The first-order chi connectivity index (χ1) is 23.7. The van der Waals surface area contributed by atoms with Crippen LogP contribution in [0.15, 0.2) is 34.7 Å². The van der Waals surface area contributed by atoms with Crippen LogP contribution in [0.4, 0.5) is 0 Å². The Balaban J connectivity index is 1.49. The molecule has 51 heavy (non-hydrogen) atoms. The van der Waals surface area contributed by atoms with Crippen molar-refractivity contribution in [2.75, 3.05) is 7.11 Å². The molecule has 16 heteroatoms. The van der Waals surface area contributed by atoms with E-state index in [1.54, 1.807) is 26.8 Å². The van der Waals surface area contributed by atoms with E-state index in [-0.39, 0.29) is 18.4 Å². The van der Waals surface area contributed by atoms with E-state index in [0.29, 0.717) is 5.56 Å². The molecule has 8 rings (SSSR count). The summed E-state index contributed by atoms with van der Waals surface area (Å²) in [5.74, 6) is -7.48. The minimum atomic E-state index is -2.51. The number of carbonyl (C=O) groups excluding carboxylic acids is 5. The molecule has 3 aliphatic heterocycles. The Morgan fingerprint density at radius 1 is 0.980 bits per heavy atom. The first-order valence-corrected chi connectivity index (χ1v) is 16.7. The van der Waals surface area contributed by atoms with Crippen LogP contribution in [0.1, 0.15) is 73.0 Å². The van der Waals surface area contributed by atoms with Crippen LogP contribution < -0.4 is 0 Å². The smallest absolute Gasteiger partial charge is 0.347 e. The molecule has 4 bridgehead atoms. The standard InChI is InChI=1S/C35H40O16/c1-15(36)45-20-12-33-30(6)23(22(25(40)43-8)46-16(2)37)28(4)14-32(30,41)34(42,26(28)47-17(3)38)27-35(33,51-31(7,49-27)50-33)19-11-21(39)48-24(29(19,20)5)18-9-10-44-13-18/h9-11,13,20,22-24,26-27,41-42H,12,14H2,1-8H3/t20-,22+,23-,24-,26-,27+,28+,29-,30+,31-,32+,33-,34-,35+/m1/s1. The van der Waals surface area contributed by atoms with Crippen LogP contribution in [0.2, 0.25) is 0 Å². The zero-order chi connectivity index (χ0) is 37.1. The van der Waals surface area contributed by atoms with Crippen LogP contribution in [0.5, 0.6) is 0 Å². The van der Waals surface area contributed by atoms with Gasteiger partial charge in [0.25, 0.3) is 5.97 Å². The Hall–Kier alpha value is -3.83. The van der Waals surface area contributed by atoms with E-state index in [1.807, 2.05) is 0 Å². The molecule has 2 saturated heterocycles. The van der Waals surface area contributed by atoms with Crippen LogP contribution in [-0.4, -0.2) is 100.0 Å². The average molecular weight is 717 g/mol. The number of esters is 5. The molecule has 1 spiro atoms. The molecule has 0 unspecified atom stereocenters. The third-order valence-corrected chi connectivity index (χ3v) is 13.4. The fraction of sp³-hybridized carbons (Fsp3) is 0.686. The number of methoxy groups -OCH3 is 1. The molecule has 1 aromatic rings. The van der Waals surface area contributed by atoms with Gasteiger partial charge in [0.15, 0.2) is 11.2 Å². The van der Waals surface area contributed by atoms with Crippen molar-refractivity contribution in [3.63, 3.8) is 0 Å². The van der Waals surface area contributed by atoms with Gasteiger partial charge in [0.1, 0.15) is 35.6 Å². The quantitative estimate of drug-likeness (QED) is 0.314. The van der Waals surface area contributed by atoms with Crippen molar-refractivity contribution < 1.29 is 76.5 Å². The Labute approximate surface area is 291 Å². The maximum absolute atomic E-state index is 13.8. The summed E-state index contributed by atoms with van der Waals surface area (Å²) in [5, 5.41) is 26.7. The molecule has 7 aliphatic rings. The van der Waals surface area contributed by atoms with Gasteiger partial charge in [-0.1, -0.05) is 13.8 Å². The lowest BCUT2D eigenvalue weighted by Crippen LogP contribution is -2.93. The van der Waals surface area contributed by atoms with Gasteiger partial charge in [0.2, 0.25) is 6.10 Å². The SMILES string of the molecule is COC(=O)[C@@H](OC(C)=O)[C@@H]1[C@]2(C)C[C@@]3(O)[C@@](O)([C@@H]2OC(C)=O)[C@@H]2O[C@]4(C)O[C@]5(C[C@@H](OC(C)=O)[C@@]6(C)C(=CC(=O)O[C@@H]6c6ccoc6)[C@]25O4)[C@@]13C. The molecule has 1 aromatic heterocycles. The van der Waals surface area contributed by atoms with Gasteiger partial charge in [0.05, 0.1) is 25.1 Å². The molecular formula is C35H40O16. The highest BCUT2D eigenvalue weighted by molar-refractivity contribution is 5.86.